The molecule has 0 aliphatic heterocycles. The first-order valence-electron chi connectivity index (χ1n) is 11.2. The van der Waals surface area contributed by atoms with Gasteiger partial charge < -0.3 is 15.2 Å². The fourth-order valence-electron chi connectivity index (χ4n) is 4.63. The summed E-state index contributed by atoms with van der Waals surface area (Å²) in [5.74, 6) is -1.71. The van der Waals surface area contributed by atoms with E-state index < -0.39 is 18.0 Å². The minimum atomic E-state index is -0.837. The summed E-state index contributed by atoms with van der Waals surface area (Å²) < 4.78 is 5.58. The number of hydrogen-bond donors (Lipinski definition) is 3. The van der Waals surface area contributed by atoms with Crippen molar-refractivity contribution in [2.45, 2.75) is 12.3 Å². The maximum absolute atomic E-state index is 12.6. The molecule has 7 nitrogen and oxygen atoms in total. The molecule has 2 amide bonds. The van der Waals surface area contributed by atoms with Gasteiger partial charge in [0.05, 0.1) is 17.2 Å². The molecule has 172 valence electrons. The topological polar surface area (TPSA) is 105 Å². The van der Waals surface area contributed by atoms with Gasteiger partial charge in [0.2, 0.25) is 0 Å². The lowest BCUT2D eigenvalue weighted by molar-refractivity contribution is -0.138. The highest BCUT2D eigenvalue weighted by Gasteiger charge is 2.43. The van der Waals surface area contributed by atoms with Crippen LogP contribution in [0, 0.1) is 11.8 Å². The predicted molar refractivity (Wildman–Crippen MR) is 127 cm³/mol. The molecule has 0 saturated heterocycles. The first-order valence-corrected chi connectivity index (χ1v) is 11.2. The highest BCUT2D eigenvalue weighted by molar-refractivity contribution is 6.02. The van der Waals surface area contributed by atoms with Gasteiger partial charge in [-0.15, -0.1) is 0 Å². The Labute approximate surface area is 196 Å². The Hall–Kier alpha value is -4.13. The number of carbonyl (C=O) groups excluding carboxylic acids is 2. The van der Waals surface area contributed by atoms with Crippen molar-refractivity contribution in [2.75, 3.05) is 18.5 Å². The molecule has 0 aromatic heterocycles. The molecule has 7 heteroatoms. The van der Waals surface area contributed by atoms with Crippen LogP contribution in [0.5, 0.6) is 0 Å². The quantitative estimate of drug-likeness (QED) is 0.486. The zero-order valence-electron chi connectivity index (χ0n) is 18.4. The van der Waals surface area contributed by atoms with Gasteiger partial charge in [-0.3, -0.25) is 14.9 Å². The number of carboxylic acids is 1. The highest BCUT2D eigenvalue weighted by Crippen LogP contribution is 2.44. The zero-order valence-corrected chi connectivity index (χ0v) is 18.4. The summed E-state index contributed by atoms with van der Waals surface area (Å²) in [6.45, 7) is 0.460. The molecule has 1 fully saturated rings. The van der Waals surface area contributed by atoms with E-state index in [0.717, 1.165) is 22.3 Å². The van der Waals surface area contributed by atoms with Crippen molar-refractivity contribution >= 4 is 23.7 Å². The van der Waals surface area contributed by atoms with E-state index in [1.54, 1.807) is 24.3 Å². The molecule has 1 saturated carbocycles. The molecule has 2 aliphatic carbocycles. The van der Waals surface area contributed by atoms with Crippen LogP contribution in [0.15, 0.2) is 72.8 Å². The minimum absolute atomic E-state index is 0.0521. The summed E-state index contributed by atoms with van der Waals surface area (Å²) >= 11 is 0. The molecule has 2 atom stereocenters. The van der Waals surface area contributed by atoms with Crippen molar-refractivity contribution < 1.29 is 24.2 Å². The summed E-state index contributed by atoms with van der Waals surface area (Å²) in [6.07, 6.45) is -0.0785. The van der Waals surface area contributed by atoms with E-state index in [1.165, 1.54) is 0 Å². The van der Waals surface area contributed by atoms with Crippen LogP contribution in [0.3, 0.4) is 0 Å². The lowest BCUT2D eigenvalue weighted by atomic mass is 9.98. The lowest BCUT2D eigenvalue weighted by Gasteiger charge is -2.15. The molecular formula is C27H24N2O5. The standard InChI is InChI=1S/C27H24N2O5/c30-25(28-14-16-13-22(16)26(31)32)21-11-5-6-12-24(21)29-27(33)34-15-23-19-9-3-1-7-17(19)18-8-2-4-10-20(18)23/h1-12,16,22-23H,13-15H2,(H,28,30)(H,29,33)(H,31,32)/t16-,22-/m1/s1. The molecule has 3 aromatic carbocycles. The van der Waals surface area contributed by atoms with Crippen LogP contribution < -0.4 is 10.6 Å². The number of rotatable bonds is 7. The number of anilines is 1. The number of carbonyl (C=O) groups is 3. The highest BCUT2D eigenvalue weighted by atomic mass is 16.5. The first-order chi connectivity index (χ1) is 16.5. The summed E-state index contributed by atoms with van der Waals surface area (Å²) in [5, 5.41) is 14.5. The smallest absolute Gasteiger partial charge is 0.411 e. The molecule has 0 radical (unpaired) electrons. The van der Waals surface area contributed by atoms with Crippen molar-refractivity contribution in [3.05, 3.63) is 89.5 Å². The van der Waals surface area contributed by atoms with Gasteiger partial charge in [0.15, 0.2) is 0 Å². The zero-order chi connectivity index (χ0) is 23.7. The van der Waals surface area contributed by atoms with Gasteiger partial charge in [0.1, 0.15) is 6.61 Å². The van der Waals surface area contributed by atoms with Crippen LogP contribution in [0.2, 0.25) is 0 Å². The number of aliphatic carboxylic acids is 1. The van der Waals surface area contributed by atoms with E-state index in [2.05, 4.69) is 34.9 Å². The third kappa shape index (κ3) is 4.24. The number of hydrogen-bond acceptors (Lipinski definition) is 4. The average Bonchev–Trinajstić information content (AvgIpc) is 3.57. The summed E-state index contributed by atoms with van der Waals surface area (Å²) in [4.78, 5) is 36.3. The largest absolute Gasteiger partial charge is 0.481 e. The molecule has 3 aromatic rings. The second-order valence-corrected chi connectivity index (χ2v) is 8.65. The van der Waals surface area contributed by atoms with Gasteiger partial charge in [0, 0.05) is 12.5 Å². The monoisotopic (exact) mass is 456 g/mol. The van der Waals surface area contributed by atoms with Gasteiger partial charge in [-0.25, -0.2) is 4.79 Å². The Morgan fingerprint density at radius 3 is 2.15 bits per heavy atom. The third-order valence-electron chi connectivity index (χ3n) is 6.52. The number of para-hydroxylation sites is 1. The van der Waals surface area contributed by atoms with Crippen molar-refractivity contribution in [2.24, 2.45) is 11.8 Å². The van der Waals surface area contributed by atoms with E-state index >= 15 is 0 Å². The first kappa shape index (κ1) is 21.7. The van der Waals surface area contributed by atoms with Crippen molar-refractivity contribution in [1.82, 2.24) is 5.32 Å². The molecule has 5 rings (SSSR count). The second-order valence-electron chi connectivity index (χ2n) is 8.65. The van der Waals surface area contributed by atoms with Gasteiger partial charge in [0.25, 0.3) is 5.91 Å². The Morgan fingerprint density at radius 2 is 1.50 bits per heavy atom. The minimum Gasteiger partial charge on any atom is -0.481 e. The maximum Gasteiger partial charge on any atom is 0.411 e. The normalized spacial score (nSPS) is 17.9. The molecule has 0 unspecified atom stereocenters. The Balaban J connectivity index is 1.22. The number of ether oxygens (including phenoxy) is 1. The molecule has 2 aliphatic rings. The summed E-state index contributed by atoms with van der Waals surface area (Å²) in [5.41, 5.74) is 5.17. The average molecular weight is 456 g/mol. The Kier molecular flexibility index (Phi) is 5.76. The molecule has 0 spiro atoms. The van der Waals surface area contributed by atoms with E-state index in [4.69, 9.17) is 9.84 Å². The van der Waals surface area contributed by atoms with Crippen molar-refractivity contribution in [3.8, 4) is 11.1 Å². The SMILES string of the molecule is O=C(Nc1ccccc1C(=O)NC[C@H]1C[C@H]1C(=O)O)OCC1c2ccccc2-c2ccccc21. The van der Waals surface area contributed by atoms with Gasteiger partial charge in [-0.2, -0.15) is 0 Å². The van der Waals surface area contributed by atoms with Crippen LogP contribution in [-0.2, 0) is 9.53 Å². The number of benzene rings is 3. The van der Waals surface area contributed by atoms with Crippen LogP contribution in [0.1, 0.15) is 33.8 Å². The van der Waals surface area contributed by atoms with Crippen molar-refractivity contribution in [3.63, 3.8) is 0 Å². The number of amides is 2. The van der Waals surface area contributed by atoms with E-state index in [-0.39, 0.29) is 30.9 Å². The number of carboxylic acid groups (broad SMARTS) is 1. The van der Waals surface area contributed by atoms with Gasteiger partial charge >= 0.3 is 12.1 Å². The molecular weight excluding hydrogens is 432 g/mol. The predicted octanol–water partition coefficient (Wildman–Crippen LogP) is 4.50. The van der Waals surface area contributed by atoms with Crippen molar-refractivity contribution in [1.29, 1.82) is 0 Å². The van der Waals surface area contributed by atoms with Gasteiger partial charge in [-0.1, -0.05) is 60.7 Å². The summed E-state index contributed by atoms with van der Waals surface area (Å²) in [6, 6.07) is 22.9. The Morgan fingerprint density at radius 1 is 0.882 bits per heavy atom. The molecule has 34 heavy (non-hydrogen) atoms. The fraction of sp³-hybridized carbons (Fsp3) is 0.222. The summed E-state index contributed by atoms with van der Waals surface area (Å²) in [7, 11) is 0. The Bertz CT molecular complexity index is 1230. The molecule has 0 bridgehead atoms. The third-order valence-corrected chi connectivity index (χ3v) is 6.52. The fourth-order valence-corrected chi connectivity index (χ4v) is 4.63. The van der Waals surface area contributed by atoms with Crippen LogP contribution in [-0.4, -0.2) is 36.2 Å². The molecule has 0 heterocycles. The number of fused-ring (bicyclic) bond motifs is 3. The van der Waals surface area contributed by atoms with Crippen LogP contribution in [0.25, 0.3) is 11.1 Å². The second kappa shape index (κ2) is 9.02. The van der Waals surface area contributed by atoms with E-state index in [1.807, 2.05) is 24.3 Å². The molecule has 3 N–H and O–H groups in total. The van der Waals surface area contributed by atoms with Gasteiger partial charge in [-0.05, 0) is 46.7 Å². The van der Waals surface area contributed by atoms with E-state index in [9.17, 15) is 14.4 Å². The maximum atomic E-state index is 12.6. The van der Waals surface area contributed by atoms with Crippen LogP contribution in [0.4, 0.5) is 10.5 Å². The lowest BCUT2D eigenvalue weighted by Crippen LogP contribution is -2.28. The van der Waals surface area contributed by atoms with E-state index in [0.29, 0.717) is 17.7 Å². The van der Waals surface area contributed by atoms with Crippen LogP contribution >= 0.6 is 0 Å². The number of nitrogens with one attached hydrogen (secondary N) is 2.